The normalized spacial score (nSPS) is 11.2. The maximum absolute atomic E-state index is 11.0. The Balaban J connectivity index is 2.30. The minimum Gasteiger partial charge on any atom is -0.427 e. The zero-order chi connectivity index (χ0) is 14.4. The van der Waals surface area contributed by atoms with E-state index in [1.165, 1.54) is 18.1 Å². The smallest absolute Gasteiger partial charge is 0.308 e. The van der Waals surface area contributed by atoms with Crippen LogP contribution in [0.25, 0.3) is 11.6 Å². The Labute approximate surface area is 119 Å². The van der Waals surface area contributed by atoms with Crippen LogP contribution in [0.15, 0.2) is 54.6 Å². The standard InChI is InChI=1S/C18H18O2/c1-3-16(17-9-5-4-6-10-17)12-15-8-7-11-18(13-15)20-14(2)19/h4-13H,3H2,1-2H3. The van der Waals surface area contributed by atoms with Gasteiger partial charge in [-0.15, -0.1) is 0 Å². The fraction of sp³-hybridized carbons (Fsp3) is 0.167. The van der Waals surface area contributed by atoms with Crippen molar-refractivity contribution < 1.29 is 9.53 Å². The van der Waals surface area contributed by atoms with Crippen LogP contribution in [0.3, 0.4) is 0 Å². The van der Waals surface area contributed by atoms with Crippen molar-refractivity contribution in [2.75, 3.05) is 0 Å². The molecular formula is C18H18O2. The van der Waals surface area contributed by atoms with Crippen molar-refractivity contribution in [3.8, 4) is 5.75 Å². The van der Waals surface area contributed by atoms with Crippen molar-refractivity contribution in [3.63, 3.8) is 0 Å². The van der Waals surface area contributed by atoms with E-state index < -0.39 is 0 Å². The van der Waals surface area contributed by atoms with Crippen molar-refractivity contribution in [1.82, 2.24) is 0 Å². The number of rotatable bonds is 4. The molecule has 20 heavy (non-hydrogen) atoms. The van der Waals surface area contributed by atoms with Gasteiger partial charge in [0, 0.05) is 6.92 Å². The summed E-state index contributed by atoms with van der Waals surface area (Å²) in [4.78, 5) is 11.0. The maximum atomic E-state index is 11.0. The Morgan fingerprint density at radius 3 is 2.50 bits per heavy atom. The van der Waals surface area contributed by atoms with Crippen LogP contribution in [-0.2, 0) is 4.79 Å². The quantitative estimate of drug-likeness (QED) is 0.460. The van der Waals surface area contributed by atoms with Crippen LogP contribution >= 0.6 is 0 Å². The van der Waals surface area contributed by atoms with E-state index in [1.807, 2.05) is 36.4 Å². The van der Waals surface area contributed by atoms with E-state index in [4.69, 9.17) is 4.74 Å². The van der Waals surface area contributed by atoms with Gasteiger partial charge in [0.25, 0.3) is 0 Å². The van der Waals surface area contributed by atoms with Crippen LogP contribution in [0.4, 0.5) is 0 Å². The lowest BCUT2D eigenvalue weighted by atomic mass is 10.0. The predicted molar refractivity (Wildman–Crippen MR) is 82.4 cm³/mol. The Bertz CT molecular complexity index is 612. The number of allylic oxidation sites excluding steroid dienone is 1. The molecule has 2 heteroatoms. The summed E-state index contributed by atoms with van der Waals surface area (Å²) in [5.41, 5.74) is 3.50. The van der Waals surface area contributed by atoms with Gasteiger partial charge in [0.2, 0.25) is 0 Å². The molecule has 0 aliphatic carbocycles. The third kappa shape index (κ3) is 3.82. The molecule has 0 saturated heterocycles. The molecule has 0 atom stereocenters. The van der Waals surface area contributed by atoms with Crippen molar-refractivity contribution in [1.29, 1.82) is 0 Å². The van der Waals surface area contributed by atoms with Crippen LogP contribution in [0, 0.1) is 0 Å². The van der Waals surface area contributed by atoms with E-state index in [2.05, 4.69) is 25.1 Å². The third-order valence-electron chi connectivity index (χ3n) is 2.99. The highest BCUT2D eigenvalue weighted by Crippen LogP contribution is 2.23. The average molecular weight is 266 g/mol. The van der Waals surface area contributed by atoms with E-state index in [0.29, 0.717) is 5.75 Å². The zero-order valence-electron chi connectivity index (χ0n) is 11.8. The lowest BCUT2D eigenvalue weighted by molar-refractivity contribution is -0.131. The fourth-order valence-electron chi connectivity index (χ4n) is 2.08. The number of ether oxygens (including phenoxy) is 1. The first-order valence-electron chi connectivity index (χ1n) is 6.73. The highest BCUT2D eigenvalue weighted by atomic mass is 16.5. The minimum atomic E-state index is -0.301. The first kappa shape index (κ1) is 14.1. The van der Waals surface area contributed by atoms with Crippen LogP contribution < -0.4 is 4.74 Å². The van der Waals surface area contributed by atoms with Gasteiger partial charge in [-0.05, 0) is 35.3 Å². The van der Waals surface area contributed by atoms with Gasteiger partial charge in [0.05, 0.1) is 0 Å². The second-order valence-electron chi connectivity index (χ2n) is 4.56. The lowest BCUT2D eigenvalue weighted by Crippen LogP contribution is -2.01. The monoisotopic (exact) mass is 266 g/mol. The van der Waals surface area contributed by atoms with E-state index in [9.17, 15) is 4.79 Å². The van der Waals surface area contributed by atoms with E-state index in [0.717, 1.165) is 12.0 Å². The number of hydrogen-bond donors (Lipinski definition) is 0. The molecule has 0 heterocycles. The third-order valence-corrected chi connectivity index (χ3v) is 2.99. The summed E-state index contributed by atoms with van der Waals surface area (Å²) in [7, 11) is 0. The zero-order valence-corrected chi connectivity index (χ0v) is 11.8. The van der Waals surface area contributed by atoms with Crippen LogP contribution in [0.2, 0.25) is 0 Å². The molecule has 2 aromatic carbocycles. The molecule has 0 spiro atoms. The van der Waals surface area contributed by atoms with Gasteiger partial charge in [-0.2, -0.15) is 0 Å². The number of benzene rings is 2. The summed E-state index contributed by atoms with van der Waals surface area (Å²) in [5, 5.41) is 0. The second-order valence-corrected chi connectivity index (χ2v) is 4.56. The first-order valence-corrected chi connectivity index (χ1v) is 6.73. The molecule has 0 saturated carbocycles. The van der Waals surface area contributed by atoms with Crippen LogP contribution in [0.5, 0.6) is 5.75 Å². The summed E-state index contributed by atoms with van der Waals surface area (Å²) in [6, 6.07) is 17.8. The Morgan fingerprint density at radius 1 is 1.10 bits per heavy atom. The molecular weight excluding hydrogens is 248 g/mol. The van der Waals surface area contributed by atoms with E-state index in [-0.39, 0.29) is 5.97 Å². The van der Waals surface area contributed by atoms with E-state index >= 15 is 0 Å². The molecule has 0 fully saturated rings. The second kappa shape index (κ2) is 6.71. The van der Waals surface area contributed by atoms with Gasteiger partial charge in [0.1, 0.15) is 5.75 Å². The van der Waals surface area contributed by atoms with E-state index in [1.54, 1.807) is 6.07 Å². The van der Waals surface area contributed by atoms with Gasteiger partial charge in [-0.1, -0.05) is 55.5 Å². The summed E-state index contributed by atoms with van der Waals surface area (Å²) in [6.45, 7) is 3.54. The molecule has 0 aromatic heterocycles. The van der Waals surface area contributed by atoms with Crippen molar-refractivity contribution in [2.45, 2.75) is 20.3 Å². The average Bonchev–Trinajstić information content (AvgIpc) is 2.45. The molecule has 0 aliphatic heterocycles. The molecule has 0 N–H and O–H groups in total. The fourth-order valence-corrected chi connectivity index (χ4v) is 2.08. The Morgan fingerprint density at radius 2 is 1.85 bits per heavy atom. The number of esters is 1. The topological polar surface area (TPSA) is 26.3 Å². The molecule has 2 rings (SSSR count). The van der Waals surface area contributed by atoms with Crippen molar-refractivity contribution in [2.24, 2.45) is 0 Å². The highest BCUT2D eigenvalue weighted by Gasteiger charge is 2.01. The molecule has 0 bridgehead atoms. The highest BCUT2D eigenvalue weighted by molar-refractivity contribution is 5.81. The summed E-state index contributed by atoms with van der Waals surface area (Å²) in [5.74, 6) is 0.277. The Kier molecular flexibility index (Phi) is 4.72. The maximum Gasteiger partial charge on any atom is 0.308 e. The van der Waals surface area contributed by atoms with Gasteiger partial charge < -0.3 is 4.74 Å². The summed E-state index contributed by atoms with van der Waals surface area (Å²) >= 11 is 0. The van der Waals surface area contributed by atoms with Gasteiger partial charge in [-0.25, -0.2) is 0 Å². The molecule has 0 amide bonds. The van der Waals surface area contributed by atoms with Crippen LogP contribution in [-0.4, -0.2) is 5.97 Å². The van der Waals surface area contributed by atoms with Gasteiger partial charge in [0.15, 0.2) is 0 Å². The van der Waals surface area contributed by atoms with Crippen molar-refractivity contribution in [3.05, 3.63) is 65.7 Å². The largest absolute Gasteiger partial charge is 0.427 e. The molecule has 2 nitrogen and oxygen atoms in total. The molecule has 0 aliphatic rings. The number of carbonyl (C=O) groups excluding carboxylic acids is 1. The molecule has 0 radical (unpaired) electrons. The Hall–Kier alpha value is -2.35. The summed E-state index contributed by atoms with van der Waals surface area (Å²) in [6.07, 6.45) is 3.07. The minimum absolute atomic E-state index is 0.301. The molecule has 0 unspecified atom stereocenters. The van der Waals surface area contributed by atoms with Gasteiger partial charge in [-0.3, -0.25) is 4.79 Å². The van der Waals surface area contributed by atoms with Crippen LogP contribution in [0.1, 0.15) is 31.4 Å². The molecule has 102 valence electrons. The number of carbonyl (C=O) groups is 1. The first-order chi connectivity index (χ1) is 9.69. The lowest BCUT2D eigenvalue weighted by Gasteiger charge is -2.06. The SMILES string of the molecule is CCC(=Cc1cccc(OC(C)=O)c1)c1ccccc1. The summed E-state index contributed by atoms with van der Waals surface area (Å²) < 4.78 is 5.11. The number of hydrogen-bond acceptors (Lipinski definition) is 2. The van der Waals surface area contributed by atoms with Crippen molar-refractivity contribution >= 4 is 17.6 Å². The van der Waals surface area contributed by atoms with Gasteiger partial charge >= 0.3 is 5.97 Å². The molecule has 2 aromatic rings. The predicted octanol–water partition coefficient (Wildman–Crippen LogP) is 4.56.